The third kappa shape index (κ3) is 3.77. The van der Waals surface area contributed by atoms with E-state index in [0.717, 1.165) is 6.42 Å². The zero-order valence-electron chi connectivity index (χ0n) is 9.96. The van der Waals surface area contributed by atoms with Crippen LogP contribution in [0, 0.1) is 0 Å². The molecule has 0 spiro atoms. The fourth-order valence-electron chi connectivity index (χ4n) is 1.53. The fourth-order valence-corrected chi connectivity index (χ4v) is 1.76. The molecule has 0 aliphatic carbocycles. The lowest BCUT2D eigenvalue weighted by molar-refractivity contribution is -0.118. The van der Waals surface area contributed by atoms with Crippen molar-refractivity contribution in [3.05, 3.63) is 0 Å². The lowest BCUT2D eigenvalue weighted by Gasteiger charge is -2.41. The second kappa shape index (κ2) is 5.17. The largest absolute Gasteiger partial charge is 0.444 e. The number of ketones is 1. The molecule has 1 rings (SSSR count). The average molecular weight is 292 g/mol. The summed E-state index contributed by atoms with van der Waals surface area (Å²) in [6.45, 7) is 6.20. The van der Waals surface area contributed by atoms with Crippen LogP contribution in [0.25, 0.3) is 0 Å². The quantitative estimate of drug-likeness (QED) is 0.750. The van der Waals surface area contributed by atoms with Crippen molar-refractivity contribution in [2.45, 2.75) is 45.3 Å². The molecule has 1 saturated heterocycles. The van der Waals surface area contributed by atoms with E-state index >= 15 is 0 Å². The van der Waals surface area contributed by atoms with Crippen LogP contribution < -0.4 is 0 Å². The Balaban J connectivity index is 2.43. The molecule has 1 amide bonds. The van der Waals surface area contributed by atoms with Gasteiger partial charge in [0, 0.05) is 19.0 Å². The highest BCUT2D eigenvalue weighted by Gasteiger charge is 2.35. The molecule has 0 bridgehead atoms. The van der Waals surface area contributed by atoms with Crippen molar-refractivity contribution in [3.8, 4) is 0 Å². The number of amides is 1. The van der Waals surface area contributed by atoms with Crippen LogP contribution in [0.4, 0.5) is 4.79 Å². The minimum Gasteiger partial charge on any atom is -0.444 e. The highest BCUT2D eigenvalue weighted by Crippen LogP contribution is 2.23. The molecule has 92 valence electrons. The molecule has 1 heterocycles. The van der Waals surface area contributed by atoms with Gasteiger partial charge in [-0.2, -0.15) is 0 Å². The van der Waals surface area contributed by atoms with Gasteiger partial charge in [0.1, 0.15) is 11.4 Å². The molecule has 0 aromatic heterocycles. The molecule has 5 heteroatoms. The number of alkyl halides is 1. The predicted octanol–water partition coefficient (Wildman–Crippen LogP) is 2.35. The van der Waals surface area contributed by atoms with Gasteiger partial charge in [-0.05, 0) is 27.2 Å². The van der Waals surface area contributed by atoms with Crippen LogP contribution in [0.1, 0.15) is 33.6 Å². The molecular formula is C11H18BrNO3. The number of Topliss-reactive ketones (excluding diaryl/α,β-unsaturated/α-hetero) is 1. The van der Waals surface area contributed by atoms with Crippen molar-refractivity contribution in [2.75, 3.05) is 11.9 Å². The van der Waals surface area contributed by atoms with Gasteiger partial charge in [0.15, 0.2) is 0 Å². The van der Waals surface area contributed by atoms with E-state index in [0.29, 0.717) is 18.3 Å². The molecular weight excluding hydrogens is 274 g/mol. The average Bonchev–Trinajstić information content (AvgIpc) is 2.08. The van der Waals surface area contributed by atoms with Gasteiger partial charge in [0.25, 0.3) is 0 Å². The van der Waals surface area contributed by atoms with E-state index in [9.17, 15) is 9.59 Å². The van der Waals surface area contributed by atoms with Gasteiger partial charge >= 0.3 is 6.09 Å². The third-order valence-electron chi connectivity index (χ3n) is 2.38. The number of likely N-dealkylation sites (tertiary alicyclic amines) is 1. The van der Waals surface area contributed by atoms with E-state index in [-0.39, 0.29) is 17.9 Å². The second-order valence-corrected chi connectivity index (χ2v) is 5.55. The first-order valence-electron chi connectivity index (χ1n) is 5.41. The van der Waals surface area contributed by atoms with E-state index in [4.69, 9.17) is 4.74 Å². The van der Waals surface area contributed by atoms with Crippen molar-refractivity contribution in [2.24, 2.45) is 0 Å². The Kier molecular flexibility index (Phi) is 4.35. The van der Waals surface area contributed by atoms with Crippen LogP contribution in [-0.4, -0.2) is 40.3 Å². The van der Waals surface area contributed by atoms with Crippen LogP contribution >= 0.6 is 15.9 Å². The molecule has 4 nitrogen and oxygen atoms in total. The second-order valence-electron chi connectivity index (χ2n) is 4.99. The van der Waals surface area contributed by atoms with E-state index in [1.54, 1.807) is 4.90 Å². The van der Waals surface area contributed by atoms with Crippen molar-refractivity contribution in [1.29, 1.82) is 0 Å². The fraction of sp³-hybridized carbons (Fsp3) is 0.818. The number of rotatable bonds is 3. The maximum absolute atomic E-state index is 11.7. The number of nitrogens with zero attached hydrogens (tertiary/aromatic N) is 1. The maximum atomic E-state index is 11.7. The van der Waals surface area contributed by atoms with Crippen LogP contribution in [0.2, 0.25) is 0 Å². The molecule has 1 unspecified atom stereocenters. The summed E-state index contributed by atoms with van der Waals surface area (Å²) in [5.74, 6) is 0.123. The zero-order valence-corrected chi connectivity index (χ0v) is 11.5. The summed E-state index contributed by atoms with van der Waals surface area (Å²) in [5, 5.41) is 0.353. The Morgan fingerprint density at radius 2 is 2.06 bits per heavy atom. The van der Waals surface area contributed by atoms with E-state index in [1.165, 1.54) is 0 Å². The van der Waals surface area contributed by atoms with Crippen molar-refractivity contribution >= 4 is 27.8 Å². The molecule has 0 aromatic carbocycles. The Hall–Kier alpha value is -0.580. The van der Waals surface area contributed by atoms with Crippen LogP contribution in [-0.2, 0) is 9.53 Å². The van der Waals surface area contributed by atoms with Crippen molar-refractivity contribution < 1.29 is 14.3 Å². The van der Waals surface area contributed by atoms with E-state index in [1.807, 2.05) is 20.8 Å². The molecule has 1 aliphatic heterocycles. The molecule has 1 atom stereocenters. The summed E-state index contributed by atoms with van der Waals surface area (Å²) < 4.78 is 5.25. The predicted molar refractivity (Wildman–Crippen MR) is 64.8 cm³/mol. The summed E-state index contributed by atoms with van der Waals surface area (Å²) in [7, 11) is 0. The molecule has 0 radical (unpaired) electrons. The minimum absolute atomic E-state index is 0.0277. The number of ether oxygens (including phenoxy) is 1. The van der Waals surface area contributed by atoms with Crippen molar-refractivity contribution in [3.63, 3.8) is 0 Å². The van der Waals surface area contributed by atoms with Gasteiger partial charge in [-0.15, -0.1) is 0 Å². The lowest BCUT2D eigenvalue weighted by atomic mass is 9.98. The van der Waals surface area contributed by atoms with Gasteiger partial charge in [-0.1, -0.05) is 15.9 Å². The smallest absolute Gasteiger partial charge is 0.410 e. The topological polar surface area (TPSA) is 46.6 Å². The monoisotopic (exact) mass is 291 g/mol. The number of hydrogen-bond donors (Lipinski definition) is 0. The van der Waals surface area contributed by atoms with Gasteiger partial charge in [-0.3, -0.25) is 4.79 Å². The summed E-state index contributed by atoms with van der Waals surface area (Å²) in [6.07, 6.45) is 0.994. The SMILES string of the molecule is CC(C)(C)OC(=O)N1CCC1CC(=O)CBr. The van der Waals surface area contributed by atoms with Crippen molar-refractivity contribution in [1.82, 2.24) is 4.90 Å². The Labute approximate surface area is 104 Å². The Morgan fingerprint density at radius 3 is 2.44 bits per heavy atom. The summed E-state index contributed by atoms with van der Waals surface area (Å²) >= 11 is 3.12. The minimum atomic E-state index is -0.476. The van der Waals surface area contributed by atoms with E-state index in [2.05, 4.69) is 15.9 Å². The summed E-state index contributed by atoms with van der Waals surface area (Å²) in [5.41, 5.74) is -0.476. The Morgan fingerprint density at radius 1 is 1.44 bits per heavy atom. The summed E-state index contributed by atoms with van der Waals surface area (Å²) in [6, 6.07) is 0.0277. The van der Waals surface area contributed by atoms with Gasteiger partial charge in [-0.25, -0.2) is 4.79 Å². The number of carbonyl (C=O) groups is 2. The molecule has 0 aromatic rings. The zero-order chi connectivity index (χ0) is 12.3. The first kappa shape index (κ1) is 13.5. The third-order valence-corrected chi connectivity index (χ3v) is 3.01. The number of carbonyl (C=O) groups excluding carboxylic acids is 2. The molecule has 0 saturated carbocycles. The summed E-state index contributed by atoms with van der Waals surface area (Å²) in [4.78, 5) is 24.6. The molecule has 1 aliphatic rings. The lowest BCUT2D eigenvalue weighted by Crippen LogP contribution is -2.53. The Bertz CT molecular complexity index is 285. The highest BCUT2D eigenvalue weighted by molar-refractivity contribution is 9.09. The standard InChI is InChI=1S/C11H18BrNO3/c1-11(2,3)16-10(15)13-5-4-8(13)6-9(14)7-12/h8H,4-7H2,1-3H3. The van der Waals surface area contributed by atoms with Crippen LogP contribution in [0.3, 0.4) is 0 Å². The number of halogens is 1. The van der Waals surface area contributed by atoms with Gasteiger partial charge in [0.05, 0.1) is 5.33 Å². The highest BCUT2D eigenvalue weighted by atomic mass is 79.9. The molecule has 1 fully saturated rings. The first-order chi connectivity index (χ1) is 7.33. The molecule has 16 heavy (non-hydrogen) atoms. The number of hydrogen-bond acceptors (Lipinski definition) is 3. The van der Waals surface area contributed by atoms with Gasteiger partial charge in [0.2, 0.25) is 0 Å². The maximum Gasteiger partial charge on any atom is 0.410 e. The molecule has 0 N–H and O–H groups in total. The first-order valence-corrected chi connectivity index (χ1v) is 6.53. The van der Waals surface area contributed by atoms with Crippen LogP contribution in [0.5, 0.6) is 0 Å². The van der Waals surface area contributed by atoms with E-state index < -0.39 is 5.60 Å². The van der Waals surface area contributed by atoms with Gasteiger partial charge < -0.3 is 9.64 Å². The normalized spacial score (nSPS) is 20.2. The van der Waals surface area contributed by atoms with Crippen LogP contribution in [0.15, 0.2) is 0 Å².